The molecule has 2 aromatic rings. The van der Waals surface area contributed by atoms with Gasteiger partial charge in [-0.2, -0.15) is 0 Å². The molecule has 3 rings (SSSR count). The molecule has 2 heterocycles. The van der Waals surface area contributed by atoms with Crippen molar-refractivity contribution in [1.29, 1.82) is 0 Å². The van der Waals surface area contributed by atoms with Crippen LogP contribution in [0.3, 0.4) is 0 Å². The summed E-state index contributed by atoms with van der Waals surface area (Å²) in [6.07, 6.45) is 6.84. The highest BCUT2D eigenvalue weighted by molar-refractivity contribution is 5.90. The van der Waals surface area contributed by atoms with Gasteiger partial charge in [-0.05, 0) is 55.2 Å². The van der Waals surface area contributed by atoms with E-state index < -0.39 is 5.91 Å². The van der Waals surface area contributed by atoms with E-state index in [1.54, 1.807) is 16.2 Å². The van der Waals surface area contributed by atoms with Crippen LogP contribution in [-0.4, -0.2) is 26.9 Å². The SMILES string of the molecule is Cc1c(CC(C)(C)C)[nH]n(CCC2CCC(c3ccc(/C=C/C(=O)NO)cc3)N2)c1=O. The molecule has 0 spiro atoms. The van der Waals surface area contributed by atoms with Crippen LogP contribution in [0.2, 0.25) is 0 Å². The summed E-state index contributed by atoms with van der Waals surface area (Å²) in [5.74, 6) is -0.550. The molecule has 2 unspecified atom stereocenters. The molecule has 0 saturated carbocycles. The second-order valence-electron chi connectivity index (χ2n) is 9.67. The van der Waals surface area contributed by atoms with E-state index in [1.165, 1.54) is 11.6 Å². The Hall–Kier alpha value is -2.64. The highest BCUT2D eigenvalue weighted by atomic mass is 16.5. The zero-order valence-corrected chi connectivity index (χ0v) is 18.9. The van der Waals surface area contributed by atoms with Crippen molar-refractivity contribution in [3.63, 3.8) is 0 Å². The lowest BCUT2D eigenvalue weighted by Gasteiger charge is -2.17. The molecule has 0 radical (unpaired) electrons. The summed E-state index contributed by atoms with van der Waals surface area (Å²) in [6.45, 7) is 9.14. The molecular formula is C24H34N4O3. The van der Waals surface area contributed by atoms with Crippen LogP contribution in [0, 0.1) is 12.3 Å². The van der Waals surface area contributed by atoms with E-state index in [9.17, 15) is 9.59 Å². The Kier molecular flexibility index (Phi) is 7.18. The lowest BCUT2D eigenvalue weighted by molar-refractivity contribution is -0.124. The van der Waals surface area contributed by atoms with Gasteiger partial charge in [-0.15, -0.1) is 0 Å². The molecule has 1 saturated heterocycles. The number of hydrogen-bond donors (Lipinski definition) is 4. The Bertz CT molecular complexity index is 980. The third-order valence-electron chi connectivity index (χ3n) is 5.81. The number of aryl methyl sites for hydroxylation is 1. The number of amides is 1. The van der Waals surface area contributed by atoms with E-state index in [2.05, 4.69) is 43.3 Å². The van der Waals surface area contributed by atoms with E-state index in [4.69, 9.17) is 5.21 Å². The first-order valence-electron chi connectivity index (χ1n) is 10.9. The predicted octanol–water partition coefficient (Wildman–Crippen LogP) is 3.48. The molecule has 7 heteroatoms. The maximum atomic E-state index is 12.6. The zero-order valence-electron chi connectivity index (χ0n) is 18.9. The van der Waals surface area contributed by atoms with Gasteiger partial charge in [0.05, 0.1) is 0 Å². The first kappa shape index (κ1) is 23.0. The molecule has 0 aliphatic carbocycles. The van der Waals surface area contributed by atoms with Crippen LogP contribution in [-0.2, 0) is 17.8 Å². The van der Waals surface area contributed by atoms with Crippen LogP contribution in [0.1, 0.15) is 68.5 Å². The van der Waals surface area contributed by atoms with Crippen LogP contribution in [0.25, 0.3) is 6.08 Å². The van der Waals surface area contributed by atoms with Gasteiger partial charge in [-0.25, -0.2) is 5.48 Å². The third kappa shape index (κ3) is 6.18. The highest BCUT2D eigenvalue weighted by Crippen LogP contribution is 2.28. The average Bonchev–Trinajstić information content (AvgIpc) is 3.30. The molecule has 0 bridgehead atoms. The van der Waals surface area contributed by atoms with Crippen LogP contribution < -0.4 is 16.4 Å². The normalized spacial score (nSPS) is 19.3. The summed E-state index contributed by atoms with van der Waals surface area (Å²) in [5, 5.41) is 15.6. The van der Waals surface area contributed by atoms with Gasteiger partial charge in [0.2, 0.25) is 0 Å². The molecule has 1 fully saturated rings. The van der Waals surface area contributed by atoms with E-state index in [1.807, 2.05) is 19.1 Å². The van der Waals surface area contributed by atoms with Gasteiger partial charge in [-0.1, -0.05) is 45.0 Å². The maximum Gasteiger partial charge on any atom is 0.269 e. The average molecular weight is 427 g/mol. The number of benzene rings is 1. The van der Waals surface area contributed by atoms with Gasteiger partial charge in [-0.3, -0.25) is 24.6 Å². The van der Waals surface area contributed by atoms with Crippen molar-refractivity contribution in [3.05, 3.63) is 63.1 Å². The molecule has 168 valence electrons. The summed E-state index contributed by atoms with van der Waals surface area (Å²) in [7, 11) is 0. The number of nitrogens with one attached hydrogen (secondary N) is 3. The second kappa shape index (κ2) is 9.66. The van der Waals surface area contributed by atoms with Crippen LogP contribution >= 0.6 is 0 Å². The molecule has 4 N–H and O–H groups in total. The highest BCUT2D eigenvalue weighted by Gasteiger charge is 2.25. The number of aromatic nitrogens is 2. The quantitative estimate of drug-likeness (QED) is 0.309. The van der Waals surface area contributed by atoms with Gasteiger partial charge >= 0.3 is 0 Å². The van der Waals surface area contributed by atoms with E-state index >= 15 is 0 Å². The minimum Gasteiger partial charge on any atom is -0.307 e. The third-order valence-corrected chi connectivity index (χ3v) is 5.81. The number of nitrogens with zero attached hydrogens (tertiary/aromatic N) is 1. The summed E-state index contributed by atoms with van der Waals surface area (Å²) < 4.78 is 1.76. The number of aromatic amines is 1. The first-order chi connectivity index (χ1) is 14.7. The van der Waals surface area contributed by atoms with E-state index in [0.29, 0.717) is 18.6 Å². The number of rotatable bonds is 7. The Morgan fingerprint density at radius 1 is 1.26 bits per heavy atom. The number of hydroxylamine groups is 1. The number of hydrogen-bond acceptors (Lipinski definition) is 4. The lowest BCUT2D eigenvalue weighted by Crippen LogP contribution is -2.28. The molecule has 1 aromatic carbocycles. The molecule has 1 aliphatic heterocycles. The second-order valence-corrected chi connectivity index (χ2v) is 9.67. The molecular weight excluding hydrogens is 392 g/mol. The van der Waals surface area contributed by atoms with Gasteiger partial charge in [0, 0.05) is 36.0 Å². The fourth-order valence-electron chi connectivity index (χ4n) is 4.13. The van der Waals surface area contributed by atoms with Crippen LogP contribution in [0.15, 0.2) is 35.1 Å². The zero-order chi connectivity index (χ0) is 22.6. The largest absolute Gasteiger partial charge is 0.307 e. The standard InChI is InChI=1S/C24H34N4O3/c1-16-21(15-24(2,3)4)26-28(23(16)30)14-13-19-10-11-20(25-19)18-8-5-17(6-9-18)7-12-22(29)27-31/h5-9,12,19-20,25-26,31H,10-11,13-15H2,1-4H3,(H,27,29)/b12-7+. The smallest absolute Gasteiger partial charge is 0.269 e. The summed E-state index contributed by atoms with van der Waals surface area (Å²) in [6, 6.07) is 8.72. The molecule has 1 amide bonds. The Balaban J connectivity index is 1.55. The van der Waals surface area contributed by atoms with Crippen molar-refractivity contribution >= 4 is 12.0 Å². The lowest BCUT2D eigenvalue weighted by atomic mass is 9.89. The van der Waals surface area contributed by atoms with Crippen molar-refractivity contribution < 1.29 is 10.0 Å². The van der Waals surface area contributed by atoms with Crippen molar-refractivity contribution in [1.82, 2.24) is 20.6 Å². The van der Waals surface area contributed by atoms with Crippen molar-refractivity contribution in [2.45, 2.75) is 72.0 Å². The molecule has 1 aromatic heterocycles. The Labute approximate surface area is 183 Å². The maximum absolute atomic E-state index is 12.6. The number of H-pyrrole nitrogens is 1. The monoisotopic (exact) mass is 426 g/mol. The fourth-order valence-corrected chi connectivity index (χ4v) is 4.13. The van der Waals surface area contributed by atoms with Crippen molar-refractivity contribution in [2.75, 3.05) is 0 Å². The Morgan fingerprint density at radius 2 is 1.97 bits per heavy atom. The van der Waals surface area contributed by atoms with Gasteiger partial charge in [0.1, 0.15) is 0 Å². The summed E-state index contributed by atoms with van der Waals surface area (Å²) in [5.41, 5.74) is 5.79. The van der Waals surface area contributed by atoms with Crippen LogP contribution in [0.5, 0.6) is 0 Å². The predicted molar refractivity (Wildman–Crippen MR) is 122 cm³/mol. The number of carbonyl (C=O) groups excluding carboxylic acids is 1. The minimum atomic E-state index is -0.550. The van der Waals surface area contributed by atoms with E-state index in [-0.39, 0.29) is 11.0 Å². The molecule has 7 nitrogen and oxygen atoms in total. The minimum absolute atomic E-state index is 0.0901. The van der Waals surface area contributed by atoms with Crippen molar-refractivity contribution in [3.8, 4) is 0 Å². The number of carbonyl (C=O) groups is 1. The molecule has 2 atom stereocenters. The molecule has 1 aliphatic rings. The summed E-state index contributed by atoms with van der Waals surface area (Å²) in [4.78, 5) is 23.7. The van der Waals surface area contributed by atoms with Crippen molar-refractivity contribution in [2.24, 2.45) is 5.41 Å². The van der Waals surface area contributed by atoms with Crippen LogP contribution in [0.4, 0.5) is 0 Å². The van der Waals surface area contributed by atoms with E-state index in [0.717, 1.165) is 42.5 Å². The topological polar surface area (TPSA) is 99.2 Å². The summed E-state index contributed by atoms with van der Waals surface area (Å²) >= 11 is 0. The first-order valence-corrected chi connectivity index (χ1v) is 10.9. The van der Waals surface area contributed by atoms with Gasteiger partial charge in [0.15, 0.2) is 0 Å². The Morgan fingerprint density at radius 3 is 2.61 bits per heavy atom. The van der Waals surface area contributed by atoms with Gasteiger partial charge < -0.3 is 5.32 Å². The molecule has 31 heavy (non-hydrogen) atoms. The van der Waals surface area contributed by atoms with Gasteiger partial charge in [0.25, 0.3) is 11.5 Å². The fraction of sp³-hybridized carbons (Fsp3) is 0.500.